The summed E-state index contributed by atoms with van der Waals surface area (Å²) in [5, 5.41) is 0. The van der Waals surface area contributed by atoms with E-state index in [0.29, 0.717) is 0 Å². The molecule has 1 nitrogen and oxygen atoms in total. The van der Waals surface area contributed by atoms with Gasteiger partial charge < -0.3 is 0 Å². The molecular formula is C14H20IN. The van der Waals surface area contributed by atoms with Crippen LogP contribution < -0.4 is 0 Å². The van der Waals surface area contributed by atoms with Crippen LogP contribution in [0.25, 0.3) is 0 Å². The Balaban J connectivity index is 2.11. The van der Waals surface area contributed by atoms with Gasteiger partial charge in [0.1, 0.15) is 0 Å². The van der Waals surface area contributed by atoms with Gasteiger partial charge in [0.05, 0.1) is 0 Å². The van der Waals surface area contributed by atoms with Crippen LogP contribution in [0.4, 0.5) is 0 Å². The van der Waals surface area contributed by atoms with Gasteiger partial charge in [0.25, 0.3) is 0 Å². The van der Waals surface area contributed by atoms with E-state index in [1.807, 2.05) is 0 Å². The minimum absolute atomic E-state index is 1.14. The maximum atomic E-state index is 2.60. The van der Waals surface area contributed by atoms with Gasteiger partial charge in [-0.2, -0.15) is 0 Å². The van der Waals surface area contributed by atoms with Crippen LogP contribution in [0.5, 0.6) is 0 Å². The standard InChI is InChI=1S/C14H20IN/c1-11-9-14(15)12(2)8-13(11)10-16-6-4-3-5-7-16/h8-9H,3-7,10H2,1-2H3. The van der Waals surface area contributed by atoms with E-state index in [1.165, 1.54) is 52.6 Å². The molecule has 0 radical (unpaired) electrons. The molecule has 1 fully saturated rings. The first-order chi connectivity index (χ1) is 7.66. The molecule has 2 rings (SSSR count). The summed E-state index contributed by atoms with van der Waals surface area (Å²) in [5.74, 6) is 0. The third-order valence-electron chi connectivity index (χ3n) is 3.46. The van der Waals surface area contributed by atoms with Gasteiger partial charge in [0.2, 0.25) is 0 Å². The number of hydrogen-bond acceptors (Lipinski definition) is 1. The predicted octanol–water partition coefficient (Wildman–Crippen LogP) is 3.89. The SMILES string of the molecule is Cc1cc(CN2CCCCC2)c(C)cc1I. The molecule has 0 aliphatic carbocycles. The molecule has 1 aliphatic rings. The second-order valence-electron chi connectivity index (χ2n) is 4.86. The molecule has 1 aromatic rings. The van der Waals surface area contributed by atoms with Crippen molar-refractivity contribution in [3.8, 4) is 0 Å². The molecule has 1 saturated heterocycles. The van der Waals surface area contributed by atoms with E-state index in [1.54, 1.807) is 0 Å². The third-order valence-corrected chi connectivity index (χ3v) is 4.62. The van der Waals surface area contributed by atoms with Crippen LogP contribution in [0, 0.1) is 17.4 Å². The first-order valence-electron chi connectivity index (χ1n) is 6.15. The van der Waals surface area contributed by atoms with Crippen molar-refractivity contribution >= 4 is 22.6 Å². The zero-order valence-electron chi connectivity index (χ0n) is 10.2. The lowest BCUT2D eigenvalue weighted by Gasteiger charge is -2.27. The monoisotopic (exact) mass is 329 g/mol. The highest BCUT2D eigenvalue weighted by Crippen LogP contribution is 2.20. The van der Waals surface area contributed by atoms with Crippen LogP contribution in [0.1, 0.15) is 36.0 Å². The van der Waals surface area contributed by atoms with Gasteiger partial charge in [-0.05, 0) is 85.1 Å². The Kier molecular flexibility index (Phi) is 4.25. The van der Waals surface area contributed by atoms with Gasteiger partial charge in [-0.1, -0.05) is 12.5 Å². The molecule has 16 heavy (non-hydrogen) atoms. The fourth-order valence-corrected chi connectivity index (χ4v) is 2.99. The van der Waals surface area contributed by atoms with Gasteiger partial charge in [0.15, 0.2) is 0 Å². The van der Waals surface area contributed by atoms with Crippen LogP contribution in [0.2, 0.25) is 0 Å². The van der Waals surface area contributed by atoms with Gasteiger partial charge in [-0.3, -0.25) is 4.90 Å². The van der Waals surface area contributed by atoms with Crippen molar-refractivity contribution < 1.29 is 0 Å². The number of benzene rings is 1. The minimum atomic E-state index is 1.14. The second kappa shape index (κ2) is 5.50. The highest BCUT2D eigenvalue weighted by molar-refractivity contribution is 14.1. The maximum Gasteiger partial charge on any atom is 0.0236 e. The molecule has 88 valence electrons. The molecule has 1 aliphatic heterocycles. The van der Waals surface area contributed by atoms with Crippen molar-refractivity contribution in [1.82, 2.24) is 4.90 Å². The Hall–Kier alpha value is -0.0900. The molecule has 0 unspecified atom stereocenters. The van der Waals surface area contributed by atoms with Gasteiger partial charge in [0, 0.05) is 10.1 Å². The smallest absolute Gasteiger partial charge is 0.0236 e. The largest absolute Gasteiger partial charge is 0.299 e. The molecule has 0 N–H and O–H groups in total. The molecule has 0 spiro atoms. The third kappa shape index (κ3) is 2.98. The summed E-state index contributed by atoms with van der Waals surface area (Å²) in [4.78, 5) is 2.60. The number of aryl methyl sites for hydroxylation is 2. The molecule has 0 atom stereocenters. The summed E-state index contributed by atoms with van der Waals surface area (Å²) in [5.41, 5.74) is 4.37. The zero-order valence-corrected chi connectivity index (χ0v) is 12.4. The number of nitrogens with zero attached hydrogens (tertiary/aromatic N) is 1. The fourth-order valence-electron chi connectivity index (χ4n) is 2.37. The lowest BCUT2D eigenvalue weighted by molar-refractivity contribution is 0.220. The minimum Gasteiger partial charge on any atom is -0.299 e. The lowest BCUT2D eigenvalue weighted by atomic mass is 10.0. The highest BCUT2D eigenvalue weighted by atomic mass is 127. The fraction of sp³-hybridized carbons (Fsp3) is 0.571. The maximum absolute atomic E-state index is 2.60. The molecular weight excluding hydrogens is 309 g/mol. The van der Waals surface area contributed by atoms with Gasteiger partial charge >= 0.3 is 0 Å². The average molecular weight is 329 g/mol. The lowest BCUT2D eigenvalue weighted by Crippen LogP contribution is -2.29. The Morgan fingerprint density at radius 2 is 1.75 bits per heavy atom. The molecule has 0 saturated carbocycles. The van der Waals surface area contributed by atoms with Crippen LogP contribution in [-0.2, 0) is 6.54 Å². The average Bonchev–Trinajstić information content (AvgIpc) is 2.27. The van der Waals surface area contributed by atoms with E-state index in [2.05, 4.69) is 53.5 Å². The number of likely N-dealkylation sites (tertiary alicyclic amines) is 1. The predicted molar refractivity (Wildman–Crippen MR) is 77.8 cm³/mol. The van der Waals surface area contributed by atoms with Crippen LogP contribution in [0.15, 0.2) is 12.1 Å². The Morgan fingerprint density at radius 3 is 2.44 bits per heavy atom. The summed E-state index contributed by atoms with van der Waals surface area (Å²) in [6, 6.07) is 4.68. The summed E-state index contributed by atoms with van der Waals surface area (Å²) in [6.45, 7) is 8.15. The molecule has 2 heteroatoms. The normalized spacial score (nSPS) is 17.7. The van der Waals surface area contributed by atoms with Crippen molar-refractivity contribution in [3.63, 3.8) is 0 Å². The first kappa shape index (κ1) is 12.4. The van der Waals surface area contributed by atoms with Crippen LogP contribution >= 0.6 is 22.6 Å². The van der Waals surface area contributed by atoms with E-state index in [0.717, 1.165) is 6.54 Å². The number of hydrogen-bond donors (Lipinski definition) is 0. The van der Waals surface area contributed by atoms with Crippen molar-refractivity contribution in [2.24, 2.45) is 0 Å². The first-order valence-corrected chi connectivity index (χ1v) is 7.22. The van der Waals surface area contributed by atoms with E-state index in [-0.39, 0.29) is 0 Å². The number of halogens is 1. The Bertz CT molecular complexity index is 367. The van der Waals surface area contributed by atoms with Crippen molar-refractivity contribution in [2.45, 2.75) is 39.7 Å². The van der Waals surface area contributed by atoms with Gasteiger partial charge in [-0.15, -0.1) is 0 Å². The molecule has 1 aromatic carbocycles. The summed E-state index contributed by atoms with van der Waals surface area (Å²) >= 11 is 2.42. The zero-order chi connectivity index (χ0) is 11.5. The van der Waals surface area contributed by atoms with Crippen molar-refractivity contribution in [2.75, 3.05) is 13.1 Å². The van der Waals surface area contributed by atoms with Gasteiger partial charge in [-0.25, -0.2) is 0 Å². The molecule has 0 bridgehead atoms. The van der Waals surface area contributed by atoms with Crippen molar-refractivity contribution in [3.05, 3.63) is 32.4 Å². The summed E-state index contributed by atoms with van der Waals surface area (Å²) in [6.07, 6.45) is 4.17. The van der Waals surface area contributed by atoms with E-state index < -0.39 is 0 Å². The van der Waals surface area contributed by atoms with E-state index in [4.69, 9.17) is 0 Å². The second-order valence-corrected chi connectivity index (χ2v) is 6.03. The van der Waals surface area contributed by atoms with Crippen molar-refractivity contribution in [1.29, 1.82) is 0 Å². The molecule has 1 heterocycles. The summed E-state index contributed by atoms with van der Waals surface area (Å²) < 4.78 is 1.39. The topological polar surface area (TPSA) is 3.24 Å². The molecule has 0 amide bonds. The number of piperidine rings is 1. The Labute approximate surface area is 112 Å². The van der Waals surface area contributed by atoms with E-state index >= 15 is 0 Å². The quantitative estimate of drug-likeness (QED) is 0.744. The highest BCUT2D eigenvalue weighted by Gasteiger charge is 2.12. The number of rotatable bonds is 2. The summed E-state index contributed by atoms with van der Waals surface area (Å²) in [7, 11) is 0. The van der Waals surface area contributed by atoms with Crippen LogP contribution in [-0.4, -0.2) is 18.0 Å². The Morgan fingerprint density at radius 1 is 1.06 bits per heavy atom. The molecule has 0 aromatic heterocycles. The van der Waals surface area contributed by atoms with Crippen LogP contribution in [0.3, 0.4) is 0 Å². The van der Waals surface area contributed by atoms with E-state index in [9.17, 15) is 0 Å².